The van der Waals surface area contributed by atoms with Gasteiger partial charge >= 0.3 is 0 Å². The second-order valence-corrected chi connectivity index (χ2v) is 2.70. The molecule has 13 heavy (non-hydrogen) atoms. The van der Waals surface area contributed by atoms with Gasteiger partial charge in [0.25, 0.3) is 0 Å². The normalized spacial score (nSPS) is 10.2. The molecule has 2 aromatic rings. The van der Waals surface area contributed by atoms with Crippen LogP contribution in [0.1, 0.15) is 5.69 Å². The van der Waals surface area contributed by atoms with E-state index in [1.807, 2.05) is 12.1 Å². The highest BCUT2D eigenvalue weighted by Gasteiger charge is 2.04. The summed E-state index contributed by atoms with van der Waals surface area (Å²) in [6, 6.07) is 3.87. The molecule has 0 aliphatic rings. The molecule has 0 aliphatic carbocycles. The first-order chi connectivity index (χ1) is 6.42. The zero-order chi connectivity index (χ0) is 9.10. The van der Waals surface area contributed by atoms with Crippen LogP contribution in [0.2, 0.25) is 0 Å². The smallest absolute Gasteiger partial charge is 0.0569 e. The predicted molar refractivity (Wildman–Crippen MR) is 49.7 cm³/mol. The molecule has 0 unspecified atom stereocenters. The topological polar surface area (TPSA) is 67.6 Å². The third-order valence-corrected chi connectivity index (χ3v) is 1.91. The number of aromatic nitrogens is 3. The zero-order valence-corrected chi connectivity index (χ0v) is 7.07. The number of rotatable bonds is 2. The van der Waals surface area contributed by atoms with Crippen molar-refractivity contribution >= 4 is 0 Å². The van der Waals surface area contributed by atoms with Crippen LogP contribution in [0.15, 0.2) is 30.7 Å². The lowest BCUT2D eigenvalue weighted by Gasteiger charge is -1.98. The van der Waals surface area contributed by atoms with E-state index in [2.05, 4.69) is 15.2 Å². The van der Waals surface area contributed by atoms with E-state index in [0.717, 1.165) is 16.8 Å². The molecular formula is C9H10N4. The van der Waals surface area contributed by atoms with Crippen molar-refractivity contribution < 1.29 is 0 Å². The maximum Gasteiger partial charge on any atom is 0.0569 e. The van der Waals surface area contributed by atoms with Gasteiger partial charge < -0.3 is 5.73 Å². The Bertz CT molecular complexity index is 380. The van der Waals surface area contributed by atoms with Crippen molar-refractivity contribution in [1.29, 1.82) is 0 Å². The maximum atomic E-state index is 5.55. The molecule has 0 amide bonds. The van der Waals surface area contributed by atoms with Crippen molar-refractivity contribution in [2.75, 3.05) is 0 Å². The molecule has 3 N–H and O–H groups in total. The van der Waals surface area contributed by atoms with E-state index < -0.39 is 0 Å². The molecule has 0 radical (unpaired) electrons. The number of nitrogens with two attached hydrogens (primary N) is 1. The van der Waals surface area contributed by atoms with Gasteiger partial charge in [0.05, 0.1) is 11.9 Å². The van der Waals surface area contributed by atoms with Gasteiger partial charge in [-0.05, 0) is 17.7 Å². The van der Waals surface area contributed by atoms with E-state index >= 15 is 0 Å². The number of aromatic amines is 1. The summed E-state index contributed by atoms with van der Waals surface area (Å²) < 4.78 is 0. The average Bonchev–Trinajstić information content (AvgIpc) is 2.67. The minimum Gasteiger partial charge on any atom is -0.325 e. The monoisotopic (exact) mass is 174 g/mol. The Morgan fingerprint density at radius 3 is 2.77 bits per heavy atom. The molecular weight excluding hydrogens is 164 g/mol. The van der Waals surface area contributed by atoms with Crippen LogP contribution in [-0.4, -0.2) is 15.2 Å². The fraction of sp³-hybridized carbons (Fsp3) is 0.111. The van der Waals surface area contributed by atoms with Gasteiger partial charge in [-0.15, -0.1) is 0 Å². The Morgan fingerprint density at radius 1 is 1.31 bits per heavy atom. The Hall–Kier alpha value is -1.68. The van der Waals surface area contributed by atoms with Crippen LogP contribution in [0, 0.1) is 0 Å². The average molecular weight is 174 g/mol. The maximum absolute atomic E-state index is 5.55. The summed E-state index contributed by atoms with van der Waals surface area (Å²) in [5, 5.41) is 6.80. The molecule has 66 valence electrons. The molecule has 0 bridgehead atoms. The van der Waals surface area contributed by atoms with E-state index in [0.29, 0.717) is 6.54 Å². The molecule has 0 aromatic carbocycles. The lowest BCUT2D eigenvalue weighted by Crippen LogP contribution is -1.98. The number of pyridine rings is 1. The number of hydrogen-bond acceptors (Lipinski definition) is 3. The Labute approximate surface area is 75.8 Å². The largest absolute Gasteiger partial charge is 0.325 e. The zero-order valence-electron chi connectivity index (χ0n) is 7.07. The molecule has 2 aromatic heterocycles. The summed E-state index contributed by atoms with van der Waals surface area (Å²) in [5.74, 6) is 0. The van der Waals surface area contributed by atoms with Crippen molar-refractivity contribution in [1.82, 2.24) is 15.2 Å². The van der Waals surface area contributed by atoms with Gasteiger partial charge in [0, 0.05) is 24.5 Å². The van der Waals surface area contributed by atoms with Gasteiger partial charge in [-0.1, -0.05) is 0 Å². The van der Waals surface area contributed by atoms with E-state index in [-0.39, 0.29) is 0 Å². The highest BCUT2D eigenvalue weighted by molar-refractivity contribution is 5.64. The summed E-state index contributed by atoms with van der Waals surface area (Å²) in [7, 11) is 0. The van der Waals surface area contributed by atoms with Gasteiger partial charge in [-0.3, -0.25) is 10.1 Å². The summed E-state index contributed by atoms with van der Waals surface area (Å²) in [5.41, 5.74) is 8.63. The Morgan fingerprint density at radius 2 is 2.08 bits per heavy atom. The standard InChI is InChI=1S/C9H10N4/c10-5-9-8(6-12-13-9)7-1-3-11-4-2-7/h1-4,6H,5,10H2,(H,12,13). The third kappa shape index (κ3) is 1.43. The van der Waals surface area contributed by atoms with Crippen molar-refractivity contribution in [3.8, 4) is 11.1 Å². The van der Waals surface area contributed by atoms with Crippen molar-refractivity contribution in [2.24, 2.45) is 5.73 Å². The number of hydrogen-bond donors (Lipinski definition) is 2. The van der Waals surface area contributed by atoms with Gasteiger partial charge in [-0.25, -0.2) is 0 Å². The summed E-state index contributed by atoms with van der Waals surface area (Å²) in [4.78, 5) is 3.95. The first kappa shape index (κ1) is 7.94. The molecule has 4 nitrogen and oxygen atoms in total. The third-order valence-electron chi connectivity index (χ3n) is 1.91. The molecule has 0 fully saturated rings. The predicted octanol–water partition coefficient (Wildman–Crippen LogP) is 0.930. The number of nitrogens with one attached hydrogen (secondary N) is 1. The molecule has 2 heterocycles. The van der Waals surface area contributed by atoms with Crippen molar-refractivity contribution in [3.63, 3.8) is 0 Å². The number of nitrogens with zero attached hydrogens (tertiary/aromatic N) is 2. The van der Waals surface area contributed by atoms with Crippen LogP contribution in [-0.2, 0) is 6.54 Å². The van der Waals surface area contributed by atoms with Crippen LogP contribution < -0.4 is 5.73 Å². The Balaban J connectivity index is 2.47. The fourth-order valence-corrected chi connectivity index (χ4v) is 1.25. The second-order valence-electron chi connectivity index (χ2n) is 2.70. The van der Waals surface area contributed by atoms with E-state index in [4.69, 9.17) is 5.73 Å². The molecule has 0 aliphatic heterocycles. The molecule has 0 saturated heterocycles. The number of H-pyrrole nitrogens is 1. The highest BCUT2D eigenvalue weighted by Crippen LogP contribution is 2.19. The SMILES string of the molecule is NCc1[nH]ncc1-c1ccncc1. The summed E-state index contributed by atoms with van der Waals surface area (Å²) in [6.07, 6.45) is 5.28. The quantitative estimate of drug-likeness (QED) is 0.711. The van der Waals surface area contributed by atoms with Crippen LogP contribution in [0.5, 0.6) is 0 Å². The fourth-order valence-electron chi connectivity index (χ4n) is 1.25. The Kier molecular flexibility index (Phi) is 2.06. The van der Waals surface area contributed by atoms with Gasteiger partial charge in [0.1, 0.15) is 0 Å². The van der Waals surface area contributed by atoms with E-state index in [1.54, 1.807) is 18.6 Å². The first-order valence-electron chi connectivity index (χ1n) is 4.04. The van der Waals surface area contributed by atoms with Crippen LogP contribution in [0.3, 0.4) is 0 Å². The van der Waals surface area contributed by atoms with Crippen LogP contribution >= 0.6 is 0 Å². The van der Waals surface area contributed by atoms with Gasteiger partial charge in [0.15, 0.2) is 0 Å². The van der Waals surface area contributed by atoms with Gasteiger partial charge in [0.2, 0.25) is 0 Å². The van der Waals surface area contributed by atoms with Crippen molar-refractivity contribution in [3.05, 3.63) is 36.4 Å². The second kappa shape index (κ2) is 3.37. The summed E-state index contributed by atoms with van der Waals surface area (Å²) in [6.45, 7) is 0.470. The lowest BCUT2D eigenvalue weighted by atomic mass is 10.1. The highest BCUT2D eigenvalue weighted by atomic mass is 15.1. The molecule has 4 heteroatoms. The van der Waals surface area contributed by atoms with Gasteiger partial charge in [-0.2, -0.15) is 5.10 Å². The van der Waals surface area contributed by atoms with Crippen LogP contribution in [0.4, 0.5) is 0 Å². The molecule has 0 atom stereocenters. The minimum atomic E-state index is 0.470. The minimum absolute atomic E-state index is 0.470. The molecule has 2 rings (SSSR count). The molecule has 0 saturated carbocycles. The van der Waals surface area contributed by atoms with E-state index in [9.17, 15) is 0 Å². The first-order valence-corrected chi connectivity index (χ1v) is 4.04. The van der Waals surface area contributed by atoms with E-state index in [1.165, 1.54) is 0 Å². The molecule has 0 spiro atoms. The lowest BCUT2D eigenvalue weighted by molar-refractivity contribution is 0.948. The summed E-state index contributed by atoms with van der Waals surface area (Å²) >= 11 is 0. The van der Waals surface area contributed by atoms with Crippen molar-refractivity contribution in [2.45, 2.75) is 6.54 Å². The van der Waals surface area contributed by atoms with Crippen LogP contribution in [0.25, 0.3) is 11.1 Å².